The van der Waals surface area contributed by atoms with Crippen molar-refractivity contribution in [3.05, 3.63) is 72.8 Å². The second-order valence-corrected chi connectivity index (χ2v) is 8.28. The number of ether oxygens (including phenoxy) is 1. The van der Waals surface area contributed by atoms with Gasteiger partial charge < -0.3 is 20.5 Å². The third-order valence-electron chi connectivity index (χ3n) is 5.36. The second-order valence-electron chi connectivity index (χ2n) is 8.28. The normalized spacial score (nSPS) is 11.9. The van der Waals surface area contributed by atoms with E-state index in [0.29, 0.717) is 31.7 Å². The summed E-state index contributed by atoms with van der Waals surface area (Å²) in [7, 11) is 0. The van der Waals surface area contributed by atoms with E-state index in [0.717, 1.165) is 22.4 Å². The van der Waals surface area contributed by atoms with Crippen LogP contribution in [0, 0.1) is 0 Å². The van der Waals surface area contributed by atoms with Gasteiger partial charge in [0.1, 0.15) is 0 Å². The van der Waals surface area contributed by atoms with Crippen LogP contribution in [0.3, 0.4) is 0 Å². The molecule has 2 aromatic carbocycles. The summed E-state index contributed by atoms with van der Waals surface area (Å²) < 4.78 is 42.9. The van der Waals surface area contributed by atoms with Gasteiger partial charge in [0.2, 0.25) is 18.0 Å². The topological polar surface area (TPSA) is 118 Å². The lowest BCUT2D eigenvalue weighted by Gasteiger charge is -2.17. The average Bonchev–Trinajstić information content (AvgIpc) is 2.90. The average molecular weight is 530 g/mol. The molecule has 0 saturated carbocycles. The number of carbonyl (C=O) groups is 3. The minimum absolute atomic E-state index is 0.133. The lowest BCUT2D eigenvalue weighted by Crippen LogP contribution is -2.55. The number of nitrogens with zero attached hydrogens (tertiary/aromatic N) is 1. The maximum absolute atomic E-state index is 12.3. The molecule has 3 N–H and O–H groups in total. The van der Waals surface area contributed by atoms with E-state index >= 15 is 0 Å². The highest BCUT2D eigenvalue weighted by Gasteiger charge is 2.41. The van der Waals surface area contributed by atoms with Crippen molar-refractivity contribution >= 4 is 17.8 Å². The van der Waals surface area contributed by atoms with Gasteiger partial charge in [-0.3, -0.25) is 9.59 Å². The van der Waals surface area contributed by atoms with E-state index in [4.69, 9.17) is 9.84 Å². The van der Waals surface area contributed by atoms with E-state index in [9.17, 15) is 27.6 Å². The van der Waals surface area contributed by atoms with E-state index in [1.54, 1.807) is 0 Å². The highest BCUT2D eigenvalue weighted by Crippen LogP contribution is 2.28. The van der Waals surface area contributed by atoms with Crippen LogP contribution in [-0.4, -0.2) is 46.8 Å². The fourth-order valence-corrected chi connectivity index (χ4v) is 3.48. The minimum Gasteiger partial charge on any atom is -0.478 e. The van der Waals surface area contributed by atoms with Gasteiger partial charge in [0.05, 0.1) is 12.3 Å². The first kappa shape index (κ1) is 28.2. The molecule has 3 rings (SSSR count). The summed E-state index contributed by atoms with van der Waals surface area (Å²) in [5.41, 5.74) is 3.64. The molecular weight excluding hydrogens is 503 g/mol. The molecule has 0 bridgehead atoms. The molecule has 0 radical (unpaired) electrons. The monoisotopic (exact) mass is 529 g/mol. The third-order valence-corrected chi connectivity index (χ3v) is 5.36. The molecule has 8 nitrogen and oxygen atoms in total. The van der Waals surface area contributed by atoms with Gasteiger partial charge >= 0.3 is 18.1 Å². The third kappa shape index (κ3) is 8.61. The van der Waals surface area contributed by atoms with Crippen molar-refractivity contribution < 1.29 is 37.4 Å². The van der Waals surface area contributed by atoms with E-state index in [-0.39, 0.29) is 6.42 Å². The summed E-state index contributed by atoms with van der Waals surface area (Å²) >= 11 is 0. The number of hydrogen-bond donors (Lipinski definition) is 3. The summed E-state index contributed by atoms with van der Waals surface area (Å²) in [6.45, 7) is 0.306. The lowest BCUT2D eigenvalue weighted by molar-refractivity contribution is -0.176. The fraction of sp³-hybridized carbons (Fsp3) is 0.259. The molecule has 38 heavy (non-hydrogen) atoms. The van der Waals surface area contributed by atoms with Crippen molar-refractivity contribution in [1.82, 2.24) is 15.6 Å². The predicted octanol–water partition coefficient (Wildman–Crippen LogP) is 4.56. The number of benzene rings is 2. The molecule has 0 aliphatic rings. The summed E-state index contributed by atoms with van der Waals surface area (Å²) in [6, 6.07) is 23.3. The number of aromatic nitrogens is 1. The number of aliphatic carboxylic acids is 1. The Balaban J connectivity index is 1.50. The SMILES string of the molecule is O=C(CCCCCOc1cc(-c2ccccc2)cc(-c2ccccc2)n1)NC(NC(=O)C(F)(F)F)C(=O)O. The Bertz CT molecular complexity index is 1180. The van der Waals surface area contributed by atoms with Crippen LogP contribution < -0.4 is 15.4 Å². The molecule has 0 spiro atoms. The maximum Gasteiger partial charge on any atom is 0.471 e. The Kier molecular flexibility index (Phi) is 9.80. The molecule has 0 aliphatic carbocycles. The van der Waals surface area contributed by atoms with Gasteiger partial charge in [-0.15, -0.1) is 0 Å². The van der Waals surface area contributed by atoms with Crippen LogP contribution in [0.25, 0.3) is 22.4 Å². The molecule has 0 fully saturated rings. The number of nitrogens with one attached hydrogen (secondary N) is 2. The molecule has 1 aromatic heterocycles. The zero-order valence-electron chi connectivity index (χ0n) is 20.2. The fourth-order valence-electron chi connectivity index (χ4n) is 3.48. The molecule has 11 heteroatoms. The number of halogens is 3. The van der Waals surface area contributed by atoms with E-state index in [1.165, 1.54) is 5.32 Å². The van der Waals surface area contributed by atoms with Crippen molar-refractivity contribution in [2.75, 3.05) is 6.61 Å². The van der Waals surface area contributed by atoms with Gasteiger partial charge in [-0.25, -0.2) is 9.78 Å². The van der Waals surface area contributed by atoms with Crippen LogP contribution in [0.4, 0.5) is 13.2 Å². The molecule has 1 unspecified atom stereocenters. The van der Waals surface area contributed by atoms with Gasteiger partial charge in [0.25, 0.3) is 0 Å². The zero-order valence-corrected chi connectivity index (χ0v) is 20.2. The number of carboxylic acid groups (broad SMARTS) is 1. The van der Waals surface area contributed by atoms with E-state index < -0.39 is 30.1 Å². The minimum atomic E-state index is -5.27. The summed E-state index contributed by atoms with van der Waals surface area (Å²) in [6.07, 6.45) is -6.16. The van der Waals surface area contributed by atoms with Crippen molar-refractivity contribution in [1.29, 1.82) is 0 Å². The van der Waals surface area contributed by atoms with Crippen LogP contribution in [0.5, 0.6) is 5.88 Å². The quantitative estimate of drug-likeness (QED) is 0.234. The first-order valence-corrected chi connectivity index (χ1v) is 11.8. The second kappa shape index (κ2) is 13.2. The molecule has 3 aromatic rings. The standard InChI is InChI=1S/C27H26F3N3O5/c28-27(29,30)26(37)33-24(25(35)36)32-22(34)14-8-3-9-15-38-23-17-20(18-10-4-1-5-11-18)16-21(31-23)19-12-6-2-7-13-19/h1-2,4-7,10-13,16-17,24H,3,8-9,14-15H2,(H,32,34)(H,33,37)(H,35,36). The molecule has 1 atom stereocenters. The molecule has 0 saturated heterocycles. The van der Waals surface area contributed by atoms with Gasteiger partial charge in [-0.2, -0.15) is 13.2 Å². The van der Waals surface area contributed by atoms with Gasteiger partial charge in [-0.05, 0) is 36.5 Å². The Morgan fingerprint density at radius 3 is 2.08 bits per heavy atom. The van der Waals surface area contributed by atoms with Crippen LogP contribution in [-0.2, 0) is 14.4 Å². The Morgan fingerprint density at radius 2 is 1.47 bits per heavy atom. The van der Waals surface area contributed by atoms with Crippen molar-refractivity contribution in [2.45, 2.75) is 38.0 Å². The first-order chi connectivity index (χ1) is 18.1. The summed E-state index contributed by atoms with van der Waals surface area (Å²) in [5.74, 6) is -4.63. The smallest absolute Gasteiger partial charge is 0.471 e. The number of hydrogen-bond acceptors (Lipinski definition) is 5. The molecular formula is C27H26F3N3O5. The van der Waals surface area contributed by atoms with Crippen molar-refractivity contribution in [3.63, 3.8) is 0 Å². The number of unbranched alkanes of at least 4 members (excludes halogenated alkanes) is 2. The molecule has 1 heterocycles. The summed E-state index contributed by atoms with van der Waals surface area (Å²) in [5, 5.41) is 12.0. The number of pyridine rings is 1. The number of carbonyl (C=O) groups excluding carboxylic acids is 2. The number of amides is 2. The van der Waals surface area contributed by atoms with Crippen LogP contribution in [0.2, 0.25) is 0 Å². The van der Waals surface area contributed by atoms with Crippen molar-refractivity contribution in [3.8, 4) is 28.3 Å². The van der Waals surface area contributed by atoms with Crippen LogP contribution in [0.1, 0.15) is 25.7 Å². The Morgan fingerprint density at radius 1 is 0.842 bits per heavy atom. The predicted molar refractivity (Wildman–Crippen MR) is 133 cm³/mol. The number of rotatable bonds is 12. The van der Waals surface area contributed by atoms with Crippen LogP contribution in [0.15, 0.2) is 72.8 Å². The van der Waals surface area contributed by atoms with Gasteiger partial charge in [0, 0.05) is 18.1 Å². The Hall–Kier alpha value is -4.41. The summed E-state index contributed by atoms with van der Waals surface area (Å²) in [4.78, 5) is 38.5. The van der Waals surface area contributed by atoms with Crippen molar-refractivity contribution in [2.24, 2.45) is 0 Å². The number of carboxylic acids is 1. The highest BCUT2D eigenvalue weighted by atomic mass is 19.4. The molecule has 0 aliphatic heterocycles. The highest BCUT2D eigenvalue weighted by molar-refractivity contribution is 5.89. The maximum atomic E-state index is 12.3. The Labute approximate surface area is 216 Å². The first-order valence-electron chi connectivity index (χ1n) is 11.8. The van der Waals surface area contributed by atoms with Gasteiger partial charge in [-0.1, -0.05) is 60.7 Å². The zero-order chi connectivity index (χ0) is 27.5. The molecule has 200 valence electrons. The van der Waals surface area contributed by atoms with E-state index in [2.05, 4.69) is 4.98 Å². The van der Waals surface area contributed by atoms with Crippen LogP contribution >= 0.6 is 0 Å². The van der Waals surface area contributed by atoms with Gasteiger partial charge in [0.15, 0.2) is 0 Å². The molecule has 2 amide bonds. The lowest BCUT2D eigenvalue weighted by atomic mass is 10.0. The number of alkyl halides is 3. The largest absolute Gasteiger partial charge is 0.478 e. The van der Waals surface area contributed by atoms with E-state index in [1.807, 2.05) is 78.1 Å².